The molecule has 2 N–H and O–H groups in total. The molecule has 0 aliphatic rings. The smallest absolute Gasteiger partial charge is 0.0634 e. The summed E-state index contributed by atoms with van der Waals surface area (Å²) in [5.41, 5.74) is 7.05. The molecule has 0 aliphatic heterocycles. The summed E-state index contributed by atoms with van der Waals surface area (Å²) in [5, 5.41) is 4.03. The molecule has 0 amide bonds. The lowest BCUT2D eigenvalue weighted by atomic mass is 10.2. The first-order valence-corrected chi connectivity index (χ1v) is 3.84. The van der Waals surface area contributed by atoms with Crippen LogP contribution >= 0.6 is 0 Å². The molecule has 0 atom stereocenters. The number of hydrogen-bond donors (Lipinski definition) is 1. The van der Waals surface area contributed by atoms with Crippen LogP contribution in [0.25, 0.3) is 5.70 Å². The van der Waals surface area contributed by atoms with E-state index in [1.807, 2.05) is 6.07 Å². The molecule has 4 heteroatoms. The number of hydrogen-bond acceptors (Lipinski definition) is 3. The van der Waals surface area contributed by atoms with Gasteiger partial charge >= 0.3 is 0 Å². The topological polar surface area (TPSA) is 56.2 Å². The minimum atomic E-state index is 0.373. The van der Waals surface area contributed by atoms with E-state index in [-0.39, 0.29) is 0 Å². The Bertz CT molecular complexity index is 321. The van der Waals surface area contributed by atoms with Gasteiger partial charge < -0.3 is 5.73 Å². The van der Waals surface area contributed by atoms with Crippen molar-refractivity contribution >= 4 is 12.4 Å². The molecule has 1 heterocycles. The second kappa shape index (κ2) is 4.37. The summed E-state index contributed by atoms with van der Waals surface area (Å²) in [7, 11) is 0. The Balaban J connectivity index is 2.89. The molecule has 13 heavy (non-hydrogen) atoms. The van der Waals surface area contributed by atoms with Gasteiger partial charge in [-0.05, 0) is 12.8 Å². The third-order valence-corrected chi connectivity index (χ3v) is 1.62. The Kier molecular flexibility index (Phi) is 3.16. The van der Waals surface area contributed by atoms with Crippen LogP contribution in [0.15, 0.2) is 41.8 Å². The van der Waals surface area contributed by atoms with Crippen molar-refractivity contribution in [2.75, 3.05) is 6.54 Å². The SMILES string of the molecule is C=N/C=C(/CN)C(=C)n1cccn1. The van der Waals surface area contributed by atoms with Crippen molar-refractivity contribution in [3.8, 4) is 0 Å². The first-order chi connectivity index (χ1) is 6.29. The van der Waals surface area contributed by atoms with Gasteiger partial charge in [0, 0.05) is 30.7 Å². The molecule has 68 valence electrons. The maximum Gasteiger partial charge on any atom is 0.0634 e. The molecular weight excluding hydrogens is 164 g/mol. The predicted octanol–water partition coefficient (Wildman–Crippen LogP) is 0.897. The van der Waals surface area contributed by atoms with Crippen LogP contribution < -0.4 is 5.73 Å². The van der Waals surface area contributed by atoms with Gasteiger partial charge in [-0.15, -0.1) is 0 Å². The quantitative estimate of drug-likeness (QED) is 0.547. The molecule has 4 nitrogen and oxygen atoms in total. The largest absolute Gasteiger partial charge is 0.326 e. The highest BCUT2D eigenvalue weighted by molar-refractivity contribution is 5.61. The fraction of sp³-hybridized carbons (Fsp3) is 0.111. The van der Waals surface area contributed by atoms with Gasteiger partial charge in [0.2, 0.25) is 0 Å². The average Bonchev–Trinajstić information content (AvgIpc) is 2.65. The molecule has 1 aromatic heterocycles. The predicted molar refractivity (Wildman–Crippen MR) is 54.2 cm³/mol. The highest BCUT2D eigenvalue weighted by atomic mass is 15.3. The molecule has 0 radical (unpaired) electrons. The normalized spacial score (nSPS) is 11.3. The lowest BCUT2D eigenvalue weighted by molar-refractivity contribution is 0.894. The van der Waals surface area contributed by atoms with Crippen molar-refractivity contribution in [1.29, 1.82) is 0 Å². The summed E-state index contributed by atoms with van der Waals surface area (Å²) >= 11 is 0. The van der Waals surface area contributed by atoms with Crippen molar-refractivity contribution in [3.05, 3.63) is 36.8 Å². The molecule has 0 fully saturated rings. The third kappa shape index (κ3) is 2.13. The first kappa shape index (κ1) is 9.41. The van der Waals surface area contributed by atoms with Crippen LogP contribution in [-0.2, 0) is 0 Å². The van der Waals surface area contributed by atoms with E-state index in [4.69, 9.17) is 5.73 Å². The van der Waals surface area contributed by atoms with Gasteiger partial charge in [-0.2, -0.15) is 5.10 Å². The first-order valence-electron chi connectivity index (χ1n) is 3.84. The van der Waals surface area contributed by atoms with E-state index in [9.17, 15) is 0 Å². The van der Waals surface area contributed by atoms with Gasteiger partial charge in [0.15, 0.2) is 0 Å². The van der Waals surface area contributed by atoms with Gasteiger partial charge in [0.05, 0.1) is 5.70 Å². The van der Waals surface area contributed by atoms with Crippen LogP contribution in [-0.4, -0.2) is 23.0 Å². The summed E-state index contributed by atoms with van der Waals surface area (Å²) < 4.78 is 1.64. The zero-order chi connectivity index (χ0) is 9.68. The highest BCUT2D eigenvalue weighted by Crippen LogP contribution is 2.10. The van der Waals surface area contributed by atoms with E-state index in [1.54, 1.807) is 23.3 Å². The van der Waals surface area contributed by atoms with Gasteiger partial charge in [0.25, 0.3) is 0 Å². The maximum atomic E-state index is 5.51. The fourth-order valence-corrected chi connectivity index (χ4v) is 0.931. The van der Waals surface area contributed by atoms with Gasteiger partial charge in [-0.25, -0.2) is 4.68 Å². The number of nitrogens with zero attached hydrogens (tertiary/aromatic N) is 3. The Morgan fingerprint density at radius 2 is 2.46 bits per heavy atom. The molecule has 0 saturated carbocycles. The fourth-order valence-electron chi connectivity index (χ4n) is 0.931. The van der Waals surface area contributed by atoms with E-state index >= 15 is 0 Å². The molecule has 1 rings (SSSR count). The van der Waals surface area contributed by atoms with Gasteiger partial charge in [0.1, 0.15) is 0 Å². The van der Waals surface area contributed by atoms with Crippen LogP contribution in [0.4, 0.5) is 0 Å². The molecule has 0 unspecified atom stereocenters. The number of rotatable bonds is 4. The van der Waals surface area contributed by atoms with E-state index in [0.717, 1.165) is 11.3 Å². The number of aliphatic imine (C=N–C) groups is 1. The Labute approximate surface area is 77.1 Å². The standard InChI is InChI=1S/C9H12N4/c1-8(9(6-10)7-11-2)13-5-3-4-12-13/h3-5,7H,1-2,6,10H2/b9-7-. The minimum absolute atomic E-state index is 0.373. The zero-order valence-electron chi connectivity index (χ0n) is 7.35. The van der Waals surface area contributed by atoms with Crippen LogP contribution in [0.5, 0.6) is 0 Å². The zero-order valence-corrected chi connectivity index (χ0v) is 7.35. The van der Waals surface area contributed by atoms with Crippen LogP contribution in [0.2, 0.25) is 0 Å². The summed E-state index contributed by atoms with van der Waals surface area (Å²) in [5.74, 6) is 0. The Morgan fingerprint density at radius 3 is 2.92 bits per heavy atom. The monoisotopic (exact) mass is 176 g/mol. The molecule has 0 bridgehead atoms. The molecule has 1 aromatic rings. The number of nitrogens with two attached hydrogens (primary N) is 1. The Hall–Kier alpha value is -1.68. The minimum Gasteiger partial charge on any atom is -0.326 e. The third-order valence-electron chi connectivity index (χ3n) is 1.62. The summed E-state index contributed by atoms with van der Waals surface area (Å²) in [6.07, 6.45) is 5.07. The van der Waals surface area contributed by atoms with E-state index in [2.05, 4.69) is 23.4 Å². The summed E-state index contributed by atoms with van der Waals surface area (Å²) in [4.78, 5) is 3.64. The van der Waals surface area contributed by atoms with Crippen LogP contribution in [0, 0.1) is 0 Å². The van der Waals surface area contributed by atoms with Crippen molar-refractivity contribution < 1.29 is 0 Å². The second-order valence-electron chi connectivity index (χ2n) is 2.44. The maximum absolute atomic E-state index is 5.51. The molecule has 0 saturated heterocycles. The van der Waals surface area contributed by atoms with Gasteiger partial charge in [-0.1, -0.05) is 6.58 Å². The van der Waals surface area contributed by atoms with Crippen molar-refractivity contribution in [2.24, 2.45) is 10.7 Å². The van der Waals surface area contributed by atoms with Crippen molar-refractivity contribution in [2.45, 2.75) is 0 Å². The molecule has 0 spiro atoms. The molecular formula is C9H12N4. The lowest BCUT2D eigenvalue weighted by Crippen LogP contribution is -2.08. The number of aromatic nitrogens is 2. The van der Waals surface area contributed by atoms with E-state index in [0.29, 0.717) is 6.54 Å². The van der Waals surface area contributed by atoms with E-state index < -0.39 is 0 Å². The van der Waals surface area contributed by atoms with Crippen molar-refractivity contribution in [3.63, 3.8) is 0 Å². The highest BCUT2D eigenvalue weighted by Gasteiger charge is 2.02. The summed E-state index contributed by atoms with van der Waals surface area (Å²) in [6.45, 7) is 7.58. The Morgan fingerprint density at radius 1 is 1.69 bits per heavy atom. The van der Waals surface area contributed by atoms with Gasteiger partial charge in [-0.3, -0.25) is 4.99 Å². The second-order valence-corrected chi connectivity index (χ2v) is 2.44. The summed E-state index contributed by atoms with van der Waals surface area (Å²) in [6, 6.07) is 1.82. The van der Waals surface area contributed by atoms with Crippen molar-refractivity contribution in [1.82, 2.24) is 9.78 Å². The lowest BCUT2D eigenvalue weighted by Gasteiger charge is -2.06. The molecule has 0 aromatic carbocycles. The van der Waals surface area contributed by atoms with Crippen LogP contribution in [0.1, 0.15) is 0 Å². The van der Waals surface area contributed by atoms with E-state index in [1.165, 1.54) is 0 Å². The molecule has 0 aliphatic carbocycles. The average molecular weight is 176 g/mol. The van der Waals surface area contributed by atoms with Crippen LogP contribution in [0.3, 0.4) is 0 Å².